The largest absolute Gasteiger partial charge is 0.481 e. The predicted molar refractivity (Wildman–Crippen MR) is 87.7 cm³/mol. The molecular weight excluding hydrogens is 306 g/mol. The van der Waals surface area contributed by atoms with Gasteiger partial charge in [-0.3, -0.25) is 9.59 Å². The van der Waals surface area contributed by atoms with E-state index in [1.165, 1.54) is 6.20 Å². The van der Waals surface area contributed by atoms with Crippen LogP contribution in [0.25, 0.3) is 0 Å². The predicted octanol–water partition coefficient (Wildman–Crippen LogP) is 2.03. The molecule has 6 nitrogen and oxygen atoms in total. The van der Waals surface area contributed by atoms with Gasteiger partial charge in [-0.15, -0.1) is 0 Å². The number of carboxylic acid groups (broad SMARTS) is 1. The lowest BCUT2D eigenvalue weighted by molar-refractivity contribution is -0.141. The number of hydrogen-bond acceptors (Lipinski definition) is 4. The molecule has 0 bridgehead atoms. The van der Waals surface area contributed by atoms with E-state index in [-0.39, 0.29) is 18.4 Å². The molecule has 1 aliphatic rings. The average molecular weight is 325 g/mol. The van der Waals surface area contributed by atoms with Crippen molar-refractivity contribution in [3.8, 4) is 0 Å². The molecule has 2 aromatic rings. The van der Waals surface area contributed by atoms with Gasteiger partial charge in [-0.1, -0.05) is 30.3 Å². The number of benzene rings is 1. The maximum Gasteiger partial charge on any atom is 0.308 e. The van der Waals surface area contributed by atoms with E-state index in [9.17, 15) is 14.7 Å². The zero-order valence-corrected chi connectivity index (χ0v) is 13.6. The Balaban J connectivity index is 1.87. The van der Waals surface area contributed by atoms with Crippen LogP contribution in [0.15, 0.2) is 36.5 Å². The molecule has 0 saturated carbocycles. The highest BCUT2D eigenvalue weighted by molar-refractivity contribution is 5.95. The van der Waals surface area contributed by atoms with Crippen LogP contribution in [0.1, 0.15) is 33.4 Å². The Kier molecular flexibility index (Phi) is 4.29. The minimum atomic E-state index is -0.879. The summed E-state index contributed by atoms with van der Waals surface area (Å²) in [6.45, 7) is 4.11. The molecule has 0 aliphatic carbocycles. The highest BCUT2D eigenvalue weighted by atomic mass is 16.4. The van der Waals surface area contributed by atoms with E-state index in [1.807, 2.05) is 30.3 Å². The summed E-state index contributed by atoms with van der Waals surface area (Å²) in [6.07, 6.45) is 1.52. The third-order valence-corrected chi connectivity index (χ3v) is 4.48. The number of likely N-dealkylation sites (tertiary alicyclic amines) is 1. The van der Waals surface area contributed by atoms with E-state index in [2.05, 4.69) is 9.97 Å². The Morgan fingerprint density at radius 3 is 2.50 bits per heavy atom. The normalized spacial score (nSPS) is 20.2. The van der Waals surface area contributed by atoms with Gasteiger partial charge in [0.15, 0.2) is 0 Å². The first-order chi connectivity index (χ1) is 11.5. The minimum Gasteiger partial charge on any atom is -0.481 e. The van der Waals surface area contributed by atoms with Crippen LogP contribution in [0.5, 0.6) is 0 Å². The SMILES string of the molecule is Cc1ncc(C(=O)N2C[C@H](C(=O)O)[C@H](c3ccccc3)C2)c(C)n1. The fraction of sp³-hybridized carbons (Fsp3) is 0.333. The van der Waals surface area contributed by atoms with Gasteiger partial charge in [0.1, 0.15) is 5.82 Å². The Labute approximate surface area is 140 Å². The number of carbonyl (C=O) groups is 2. The van der Waals surface area contributed by atoms with Gasteiger partial charge in [0.25, 0.3) is 5.91 Å². The lowest BCUT2D eigenvalue weighted by Gasteiger charge is -2.17. The summed E-state index contributed by atoms with van der Waals surface area (Å²) in [5, 5.41) is 9.54. The number of hydrogen-bond donors (Lipinski definition) is 1. The summed E-state index contributed by atoms with van der Waals surface area (Å²) in [7, 11) is 0. The molecule has 1 aromatic heterocycles. The first-order valence-electron chi connectivity index (χ1n) is 7.84. The Hall–Kier alpha value is -2.76. The first-order valence-corrected chi connectivity index (χ1v) is 7.84. The Morgan fingerprint density at radius 1 is 1.17 bits per heavy atom. The van der Waals surface area contributed by atoms with Crippen LogP contribution >= 0.6 is 0 Å². The lowest BCUT2D eigenvalue weighted by atomic mass is 9.89. The molecule has 1 aliphatic heterocycles. The summed E-state index contributed by atoms with van der Waals surface area (Å²) in [5.41, 5.74) is 1.98. The van der Waals surface area contributed by atoms with Gasteiger partial charge in [-0.2, -0.15) is 0 Å². The lowest BCUT2D eigenvalue weighted by Crippen LogP contribution is -2.30. The molecule has 2 heterocycles. The quantitative estimate of drug-likeness (QED) is 0.933. The van der Waals surface area contributed by atoms with E-state index < -0.39 is 11.9 Å². The molecule has 2 atom stereocenters. The Morgan fingerprint density at radius 2 is 1.88 bits per heavy atom. The number of rotatable bonds is 3. The number of carboxylic acids is 1. The molecule has 1 amide bonds. The van der Waals surface area contributed by atoms with Crippen molar-refractivity contribution in [3.63, 3.8) is 0 Å². The fourth-order valence-electron chi connectivity index (χ4n) is 3.22. The van der Waals surface area contributed by atoms with Gasteiger partial charge in [0.2, 0.25) is 0 Å². The third-order valence-electron chi connectivity index (χ3n) is 4.48. The van der Waals surface area contributed by atoms with Crippen LogP contribution in [0, 0.1) is 19.8 Å². The number of aromatic nitrogens is 2. The smallest absolute Gasteiger partial charge is 0.308 e. The van der Waals surface area contributed by atoms with E-state index in [4.69, 9.17) is 0 Å². The second-order valence-electron chi connectivity index (χ2n) is 6.09. The van der Waals surface area contributed by atoms with Gasteiger partial charge in [-0.25, -0.2) is 9.97 Å². The van der Waals surface area contributed by atoms with Gasteiger partial charge in [0.05, 0.1) is 17.2 Å². The van der Waals surface area contributed by atoms with Crippen molar-refractivity contribution in [1.82, 2.24) is 14.9 Å². The van der Waals surface area contributed by atoms with Crippen molar-refractivity contribution in [2.24, 2.45) is 5.92 Å². The van der Waals surface area contributed by atoms with Crippen LogP contribution in [-0.2, 0) is 4.79 Å². The molecule has 1 aromatic carbocycles. The molecule has 0 spiro atoms. The number of nitrogens with zero attached hydrogens (tertiary/aromatic N) is 3. The third kappa shape index (κ3) is 2.99. The topological polar surface area (TPSA) is 83.4 Å². The maximum absolute atomic E-state index is 12.8. The molecule has 1 saturated heterocycles. The number of aliphatic carboxylic acids is 1. The van der Waals surface area contributed by atoms with E-state index in [0.717, 1.165) is 5.56 Å². The molecule has 1 N–H and O–H groups in total. The molecule has 0 unspecified atom stereocenters. The van der Waals surface area contributed by atoms with Crippen LogP contribution in [0.2, 0.25) is 0 Å². The van der Waals surface area contributed by atoms with Crippen molar-refractivity contribution < 1.29 is 14.7 Å². The van der Waals surface area contributed by atoms with Crippen molar-refractivity contribution in [3.05, 3.63) is 59.2 Å². The van der Waals surface area contributed by atoms with Crippen molar-refractivity contribution in [2.45, 2.75) is 19.8 Å². The van der Waals surface area contributed by atoms with E-state index in [0.29, 0.717) is 23.6 Å². The summed E-state index contributed by atoms with van der Waals surface area (Å²) >= 11 is 0. The maximum atomic E-state index is 12.8. The first kappa shape index (κ1) is 16.1. The standard InChI is InChI=1S/C18H19N3O3/c1-11-14(8-19-12(2)20-11)17(22)21-9-15(16(10-21)18(23)24)13-6-4-3-5-7-13/h3-8,15-16H,9-10H2,1-2H3,(H,23,24)/t15-,16-/m0/s1. The number of aryl methyl sites for hydroxylation is 2. The zero-order chi connectivity index (χ0) is 17.3. The van der Waals surface area contributed by atoms with Crippen LogP contribution in [0.3, 0.4) is 0 Å². The highest BCUT2D eigenvalue weighted by Gasteiger charge is 2.40. The second-order valence-corrected chi connectivity index (χ2v) is 6.09. The van der Waals surface area contributed by atoms with Crippen molar-refractivity contribution in [1.29, 1.82) is 0 Å². The van der Waals surface area contributed by atoms with E-state index >= 15 is 0 Å². The molecule has 24 heavy (non-hydrogen) atoms. The van der Waals surface area contributed by atoms with Crippen molar-refractivity contribution in [2.75, 3.05) is 13.1 Å². The van der Waals surface area contributed by atoms with Gasteiger partial charge < -0.3 is 10.0 Å². The van der Waals surface area contributed by atoms with Crippen molar-refractivity contribution >= 4 is 11.9 Å². The van der Waals surface area contributed by atoms with Gasteiger partial charge in [0, 0.05) is 25.2 Å². The zero-order valence-electron chi connectivity index (χ0n) is 13.6. The molecule has 0 radical (unpaired) electrons. The molecule has 6 heteroatoms. The minimum absolute atomic E-state index is 0.195. The van der Waals surface area contributed by atoms with E-state index in [1.54, 1.807) is 18.7 Å². The summed E-state index contributed by atoms with van der Waals surface area (Å²) in [4.78, 5) is 34.3. The van der Waals surface area contributed by atoms with Crippen LogP contribution in [0.4, 0.5) is 0 Å². The molecule has 3 rings (SSSR count). The number of carbonyl (C=O) groups excluding carboxylic acids is 1. The number of amides is 1. The molecule has 124 valence electrons. The molecular formula is C18H19N3O3. The van der Waals surface area contributed by atoms with Crippen LogP contribution in [-0.4, -0.2) is 44.9 Å². The average Bonchev–Trinajstić information content (AvgIpc) is 3.01. The fourth-order valence-corrected chi connectivity index (χ4v) is 3.22. The second kappa shape index (κ2) is 6.39. The monoisotopic (exact) mass is 325 g/mol. The van der Waals surface area contributed by atoms with Crippen LogP contribution < -0.4 is 0 Å². The molecule has 1 fully saturated rings. The summed E-state index contributed by atoms with van der Waals surface area (Å²) in [6, 6.07) is 9.49. The summed E-state index contributed by atoms with van der Waals surface area (Å²) in [5.74, 6) is -1.30. The van der Waals surface area contributed by atoms with Gasteiger partial charge >= 0.3 is 5.97 Å². The Bertz CT molecular complexity index is 776. The van der Waals surface area contributed by atoms with Gasteiger partial charge in [-0.05, 0) is 19.4 Å². The summed E-state index contributed by atoms with van der Waals surface area (Å²) < 4.78 is 0. The highest BCUT2D eigenvalue weighted by Crippen LogP contribution is 2.33.